The average molecular weight is 312 g/mol. The van der Waals surface area contributed by atoms with Crippen molar-refractivity contribution in [3.63, 3.8) is 0 Å². The summed E-state index contributed by atoms with van der Waals surface area (Å²) >= 11 is 7.01. The number of nitrogens with one attached hydrogen (secondary N) is 1. The molecule has 106 valence electrons. The first-order valence-electron chi connectivity index (χ1n) is 6.00. The summed E-state index contributed by atoms with van der Waals surface area (Å²) in [6.07, 6.45) is 0.808. The van der Waals surface area contributed by atoms with E-state index in [-0.39, 0.29) is 5.15 Å². The van der Waals surface area contributed by atoms with Crippen LogP contribution in [-0.2, 0) is 20.0 Å². The summed E-state index contributed by atoms with van der Waals surface area (Å²) in [6.45, 7) is 2.54. The van der Waals surface area contributed by atoms with Gasteiger partial charge in [-0.2, -0.15) is 14.7 Å². The number of nitrogens with zero attached hydrogens (tertiary/aromatic N) is 4. The second-order valence-electron chi connectivity index (χ2n) is 4.05. The van der Waals surface area contributed by atoms with Crippen molar-refractivity contribution in [2.45, 2.75) is 19.9 Å². The Labute approximate surface area is 126 Å². The number of ether oxygens (including phenoxy) is 1. The molecule has 0 saturated heterocycles. The topological polar surface area (TPSA) is 75.8 Å². The Balaban J connectivity index is 2.25. The third-order valence-corrected chi connectivity index (χ3v) is 4.07. The number of nitriles is 1. The van der Waals surface area contributed by atoms with Gasteiger partial charge in [0, 0.05) is 13.6 Å². The van der Waals surface area contributed by atoms with Crippen LogP contribution in [0.1, 0.15) is 23.7 Å². The zero-order chi connectivity index (χ0) is 14.7. The number of hydrogen-bond donors (Lipinski definition) is 1. The van der Waals surface area contributed by atoms with Crippen LogP contribution in [0.15, 0.2) is 0 Å². The Morgan fingerprint density at radius 2 is 2.30 bits per heavy atom. The second-order valence-corrected chi connectivity index (χ2v) is 5.19. The van der Waals surface area contributed by atoms with E-state index >= 15 is 0 Å². The van der Waals surface area contributed by atoms with Gasteiger partial charge in [-0.1, -0.05) is 18.5 Å². The van der Waals surface area contributed by atoms with E-state index in [1.807, 2.05) is 20.0 Å². The monoisotopic (exact) mass is 311 g/mol. The van der Waals surface area contributed by atoms with Crippen LogP contribution in [0.3, 0.4) is 0 Å². The zero-order valence-corrected chi connectivity index (χ0v) is 13.0. The van der Waals surface area contributed by atoms with Gasteiger partial charge in [-0.25, -0.2) is 4.68 Å². The number of methoxy groups -OCH3 is 1. The van der Waals surface area contributed by atoms with E-state index in [0.717, 1.165) is 17.7 Å². The van der Waals surface area contributed by atoms with Crippen molar-refractivity contribution in [2.24, 2.45) is 7.05 Å². The lowest BCUT2D eigenvalue weighted by atomic mass is 10.2. The van der Waals surface area contributed by atoms with Crippen LogP contribution in [-0.4, -0.2) is 21.3 Å². The molecule has 0 spiro atoms. The fraction of sp³-hybridized carbons (Fsp3) is 0.417. The van der Waals surface area contributed by atoms with Crippen molar-refractivity contribution in [2.75, 3.05) is 12.4 Å². The van der Waals surface area contributed by atoms with Crippen molar-refractivity contribution in [3.05, 3.63) is 22.0 Å². The van der Waals surface area contributed by atoms with E-state index in [1.54, 1.807) is 11.8 Å². The van der Waals surface area contributed by atoms with Crippen LogP contribution in [0.25, 0.3) is 0 Å². The molecule has 2 aromatic heterocycles. The highest BCUT2D eigenvalue weighted by Gasteiger charge is 2.17. The highest BCUT2D eigenvalue weighted by Crippen LogP contribution is 2.29. The molecule has 0 amide bonds. The van der Waals surface area contributed by atoms with E-state index < -0.39 is 0 Å². The van der Waals surface area contributed by atoms with Crippen molar-refractivity contribution >= 4 is 28.1 Å². The maximum atomic E-state index is 9.04. The third kappa shape index (κ3) is 2.57. The molecule has 0 aliphatic rings. The zero-order valence-electron chi connectivity index (χ0n) is 11.4. The molecule has 0 aliphatic carbocycles. The summed E-state index contributed by atoms with van der Waals surface area (Å²) in [6, 6.07) is 2.04. The number of aromatic nitrogens is 3. The van der Waals surface area contributed by atoms with Crippen LogP contribution in [0.2, 0.25) is 5.15 Å². The van der Waals surface area contributed by atoms with Crippen LogP contribution >= 0.6 is 23.1 Å². The Bertz CT molecular complexity index is 658. The van der Waals surface area contributed by atoms with Crippen molar-refractivity contribution in [1.29, 1.82) is 5.26 Å². The van der Waals surface area contributed by atoms with E-state index in [4.69, 9.17) is 21.6 Å². The van der Waals surface area contributed by atoms with Crippen molar-refractivity contribution < 1.29 is 4.74 Å². The molecule has 0 saturated carbocycles. The number of aryl methyl sites for hydroxylation is 2. The lowest BCUT2D eigenvalue weighted by Crippen LogP contribution is -2.03. The van der Waals surface area contributed by atoms with Crippen LogP contribution in [0.4, 0.5) is 5.00 Å². The van der Waals surface area contributed by atoms with Gasteiger partial charge in [0.25, 0.3) is 0 Å². The molecule has 20 heavy (non-hydrogen) atoms. The highest BCUT2D eigenvalue weighted by atomic mass is 35.5. The number of rotatable bonds is 5. The van der Waals surface area contributed by atoms with Gasteiger partial charge in [-0.05, 0) is 18.0 Å². The molecule has 0 atom stereocenters. The molecular formula is C12H14ClN5OS. The maximum Gasteiger partial charge on any atom is 0.216 e. The van der Waals surface area contributed by atoms with Gasteiger partial charge in [0.2, 0.25) is 5.88 Å². The quantitative estimate of drug-likeness (QED) is 0.918. The smallest absolute Gasteiger partial charge is 0.216 e. The van der Waals surface area contributed by atoms with E-state index in [0.29, 0.717) is 23.0 Å². The van der Waals surface area contributed by atoms with Gasteiger partial charge < -0.3 is 10.1 Å². The van der Waals surface area contributed by atoms with Gasteiger partial charge in [0.1, 0.15) is 16.6 Å². The predicted molar refractivity (Wildman–Crippen MR) is 78.3 cm³/mol. The third-order valence-electron chi connectivity index (χ3n) is 2.89. The molecule has 0 unspecified atom stereocenters. The number of hydrogen-bond acceptors (Lipinski definition) is 6. The van der Waals surface area contributed by atoms with Crippen molar-refractivity contribution in [1.82, 2.24) is 14.2 Å². The minimum absolute atomic E-state index is 0.230. The van der Waals surface area contributed by atoms with Gasteiger partial charge in [-0.15, -0.1) is 0 Å². The summed E-state index contributed by atoms with van der Waals surface area (Å²) in [5.74, 6) is 0.712. The van der Waals surface area contributed by atoms with Crippen LogP contribution < -0.4 is 10.1 Å². The Morgan fingerprint density at radius 1 is 1.55 bits per heavy atom. The molecule has 2 heterocycles. The number of anilines is 1. The summed E-state index contributed by atoms with van der Waals surface area (Å²) < 4.78 is 11.0. The molecule has 0 radical (unpaired) electrons. The predicted octanol–water partition coefficient (Wildman–Crippen LogP) is 2.58. The standard InChI is InChI=1S/C12H14ClN5OS/c1-4-9-8(12(19-3)18(2)16-9)6-15-11-7(5-14)10(13)17-20-11/h15H,4,6H2,1-3H3. The minimum atomic E-state index is 0.230. The Hall–Kier alpha value is -1.78. The van der Waals surface area contributed by atoms with Gasteiger partial charge in [0.05, 0.1) is 18.4 Å². The van der Waals surface area contributed by atoms with Crippen LogP contribution in [0.5, 0.6) is 5.88 Å². The SMILES string of the molecule is CCc1nn(C)c(OC)c1CNc1snc(Cl)c1C#N. The maximum absolute atomic E-state index is 9.04. The summed E-state index contributed by atoms with van der Waals surface area (Å²) in [5.41, 5.74) is 2.31. The Morgan fingerprint density at radius 3 is 2.90 bits per heavy atom. The van der Waals surface area contributed by atoms with Crippen LogP contribution in [0, 0.1) is 11.3 Å². The average Bonchev–Trinajstić information content (AvgIpc) is 2.95. The molecule has 6 nitrogen and oxygen atoms in total. The Kier molecular flexibility index (Phi) is 4.47. The molecule has 1 N–H and O–H groups in total. The van der Waals surface area contributed by atoms with Gasteiger partial charge in [-0.3, -0.25) is 0 Å². The highest BCUT2D eigenvalue weighted by molar-refractivity contribution is 7.10. The molecule has 8 heteroatoms. The van der Waals surface area contributed by atoms with E-state index in [2.05, 4.69) is 14.8 Å². The van der Waals surface area contributed by atoms with Crippen molar-refractivity contribution in [3.8, 4) is 11.9 Å². The lowest BCUT2D eigenvalue weighted by Gasteiger charge is -2.07. The van der Waals surface area contributed by atoms with E-state index in [1.165, 1.54) is 11.5 Å². The summed E-state index contributed by atoms with van der Waals surface area (Å²) in [4.78, 5) is 0. The number of halogens is 1. The van der Waals surface area contributed by atoms with E-state index in [9.17, 15) is 0 Å². The molecule has 0 fully saturated rings. The second kappa shape index (κ2) is 6.11. The van der Waals surface area contributed by atoms with Gasteiger partial charge in [0.15, 0.2) is 5.15 Å². The first-order valence-corrected chi connectivity index (χ1v) is 7.15. The first-order chi connectivity index (χ1) is 9.62. The molecular weight excluding hydrogens is 298 g/mol. The normalized spacial score (nSPS) is 10.3. The first kappa shape index (κ1) is 14.6. The molecule has 2 rings (SSSR count). The summed E-state index contributed by atoms with van der Waals surface area (Å²) in [5, 5.41) is 17.5. The minimum Gasteiger partial charge on any atom is -0.481 e. The largest absolute Gasteiger partial charge is 0.481 e. The summed E-state index contributed by atoms with van der Waals surface area (Å²) in [7, 11) is 3.45. The molecule has 0 aliphatic heterocycles. The molecule has 2 aromatic rings. The molecule has 0 aromatic carbocycles. The molecule has 0 bridgehead atoms. The van der Waals surface area contributed by atoms with Gasteiger partial charge >= 0.3 is 0 Å². The fourth-order valence-corrected chi connectivity index (χ4v) is 2.91. The fourth-order valence-electron chi connectivity index (χ4n) is 1.98. The lowest BCUT2D eigenvalue weighted by molar-refractivity contribution is 0.370.